The maximum absolute atomic E-state index is 2.56. The van der Waals surface area contributed by atoms with E-state index in [4.69, 9.17) is 0 Å². The van der Waals surface area contributed by atoms with Crippen LogP contribution in [-0.2, 0) is 0 Å². The van der Waals surface area contributed by atoms with Crippen molar-refractivity contribution in [2.45, 2.75) is 26.7 Å². The first-order chi connectivity index (χ1) is 5.27. The first kappa shape index (κ1) is 6.28. The summed E-state index contributed by atoms with van der Waals surface area (Å²) in [6.45, 7) is 4.83. The Balaban J connectivity index is 1.97. The van der Waals surface area contributed by atoms with Crippen LogP contribution in [0.3, 0.4) is 0 Å². The molecular weight excluding hydrogens is 132 g/mol. The van der Waals surface area contributed by atoms with E-state index in [1.54, 1.807) is 6.42 Å². The van der Waals surface area contributed by atoms with Crippen LogP contribution in [0, 0.1) is 29.6 Å². The molecule has 3 aliphatic carbocycles. The number of rotatable bonds is 0. The topological polar surface area (TPSA) is 0 Å². The molecule has 5 unspecified atom stereocenters. The van der Waals surface area contributed by atoms with Crippen molar-refractivity contribution < 1.29 is 0 Å². The molecule has 0 aliphatic heterocycles. The third-order valence-electron chi connectivity index (χ3n) is 4.45. The highest BCUT2D eigenvalue weighted by Gasteiger charge is 2.54. The summed E-state index contributed by atoms with van der Waals surface area (Å²) >= 11 is 0. The van der Waals surface area contributed by atoms with Gasteiger partial charge in [-0.2, -0.15) is 0 Å². The molecule has 60 valence electrons. The van der Waals surface area contributed by atoms with Crippen molar-refractivity contribution >= 4 is 0 Å². The van der Waals surface area contributed by atoms with E-state index in [-0.39, 0.29) is 0 Å². The van der Waals surface area contributed by atoms with Crippen LogP contribution < -0.4 is 0 Å². The first-order valence-corrected chi connectivity index (χ1v) is 4.98. The van der Waals surface area contributed by atoms with Gasteiger partial charge in [0.05, 0.1) is 0 Å². The molecule has 0 aromatic carbocycles. The van der Waals surface area contributed by atoms with Crippen LogP contribution in [0.5, 0.6) is 0 Å². The van der Waals surface area contributed by atoms with Crippen molar-refractivity contribution in [3.8, 4) is 0 Å². The summed E-state index contributed by atoms with van der Waals surface area (Å²) in [6.07, 6.45) is 5.56. The molecule has 5 atom stereocenters. The molecule has 2 fully saturated rings. The Bertz CT molecular complexity index is 226. The van der Waals surface area contributed by atoms with Gasteiger partial charge in [-0.25, -0.2) is 0 Å². The smallest absolute Gasteiger partial charge is 0.0140 e. The fourth-order valence-corrected chi connectivity index (χ4v) is 3.46. The second-order valence-corrected chi connectivity index (χ2v) is 4.85. The molecule has 0 spiro atoms. The molecule has 0 N–H and O–H groups in total. The monoisotopic (exact) mass is 148 g/mol. The SMILES string of the molecule is CC1C=C2CC3CC(C1C)C23. The Morgan fingerprint density at radius 3 is 2.91 bits per heavy atom. The Kier molecular flexibility index (Phi) is 0.987. The normalized spacial score (nSPS) is 58.7. The molecule has 0 heteroatoms. The van der Waals surface area contributed by atoms with E-state index in [0.29, 0.717) is 0 Å². The highest BCUT2D eigenvalue weighted by molar-refractivity contribution is 5.29. The Hall–Kier alpha value is -0.260. The first-order valence-electron chi connectivity index (χ1n) is 4.98. The van der Waals surface area contributed by atoms with E-state index in [0.717, 1.165) is 29.6 Å². The summed E-state index contributed by atoms with van der Waals surface area (Å²) in [5.41, 5.74) is 1.82. The van der Waals surface area contributed by atoms with Crippen molar-refractivity contribution in [1.29, 1.82) is 0 Å². The van der Waals surface area contributed by atoms with Gasteiger partial charge in [0.2, 0.25) is 0 Å². The molecule has 3 rings (SSSR count). The van der Waals surface area contributed by atoms with Crippen molar-refractivity contribution in [3.05, 3.63) is 11.6 Å². The molecule has 0 heterocycles. The van der Waals surface area contributed by atoms with Crippen LogP contribution in [0.4, 0.5) is 0 Å². The highest BCUT2D eigenvalue weighted by atomic mass is 14.6. The summed E-state index contributed by atoms with van der Waals surface area (Å²) < 4.78 is 0. The largest absolute Gasteiger partial charge is 0.0819 e. The van der Waals surface area contributed by atoms with Crippen LogP contribution in [0.1, 0.15) is 26.7 Å². The average Bonchev–Trinajstić information content (AvgIpc) is 1.92. The average molecular weight is 148 g/mol. The third-order valence-corrected chi connectivity index (χ3v) is 4.45. The Labute approximate surface area is 68.7 Å². The predicted octanol–water partition coefficient (Wildman–Crippen LogP) is 2.85. The maximum atomic E-state index is 2.56. The number of hydrogen-bond acceptors (Lipinski definition) is 0. The van der Waals surface area contributed by atoms with E-state index in [1.807, 2.05) is 5.57 Å². The van der Waals surface area contributed by atoms with Gasteiger partial charge in [0.1, 0.15) is 0 Å². The fraction of sp³-hybridized carbons (Fsp3) is 0.818. The van der Waals surface area contributed by atoms with Gasteiger partial charge < -0.3 is 0 Å². The van der Waals surface area contributed by atoms with Gasteiger partial charge in [-0.05, 0) is 42.4 Å². The van der Waals surface area contributed by atoms with Gasteiger partial charge in [0, 0.05) is 0 Å². The lowest BCUT2D eigenvalue weighted by atomic mass is 9.44. The molecule has 3 aliphatic rings. The van der Waals surface area contributed by atoms with Crippen molar-refractivity contribution in [2.24, 2.45) is 29.6 Å². The van der Waals surface area contributed by atoms with Crippen LogP contribution in [-0.4, -0.2) is 0 Å². The molecule has 0 radical (unpaired) electrons. The number of hydrogen-bond donors (Lipinski definition) is 0. The van der Waals surface area contributed by atoms with E-state index < -0.39 is 0 Å². The van der Waals surface area contributed by atoms with E-state index >= 15 is 0 Å². The van der Waals surface area contributed by atoms with Gasteiger partial charge in [0.25, 0.3) is 0 Å². The van der Waals surface area contributed by atoms with Gasteiger partial charge in [-0.3, -0.25) is 0 Å². The zero-order valence-corrected chi connectivity index (χ0v) is 7.38. The second-order valence-electron chi connectivity index (χ2n) is 4.85. The molecule has 0 aromatic rings. The minimum atomic E-state index is 0.868. The van der Waals surface area contributed by atoms with E-state index in [2.05, 4.69) is 19.9 Å². The summed E-state index contributed by atoms with van der Waals surface area (Å²) in [7, 11) is 0. The lowest BCUT2D eigenvalue weighted by molar-refractivity contribution is -0.0238. The van der Waals surface area contributed by atoms with Crippen molar-refractivity contribution in [1.82, 2.24) is 0 Å². The summed E-state index contributed by atoms with van der Waals surface area (Å²) in [4.78, 5) is 0. The molecule has 0 amide bonds. The lowest BCUT2D eigenvalue weighted by Gasteiger charge is -2.61. The lowest BCUT2D eigenvalue weighted by Crippen LogP contribution is -2.52. The number of allylic oxidation sites excluding steroid dienone is 2. The summed E-state index contributed by atoms with van der Waals surface area (Å²) in [6, 6.07) is 0. The minimum absolute atomic E-state index is 0.868. The van der Waals surface area contributed by atoms with Crippen molar-refractivity contribution in [2.75, 3.05) is 0 Å². The molecule has 0 saturated heterocycles. The van der Waals surface area contributed by atoms with E-state index in [1.165, 1.54) is 6.42 Å². The van der Waals surface area contributed by atoms with Gasteiger partial charge in [-0.1, -0.05) is 25.5 Å². The molecular formula is C11H16. The quantitative estimate of drug-likeness (QED) is 0.463. The third kappa shape index (κ3) is 0.579. The van der Waals surface area contributed by atoms with Gasteiger partial charge in [-0.15, -0.1) is 0 Å². The van der Waals surface area contributed by atoms with E-state index in [9.17, 15) is 0 Å². The molecule has 2 saturated carbocycles. The molecule has 0 aromatic heterocycles. The fourth-order valence-electron chi connectivity index (χ4n) is 3.46. The molecule has 0 bridgehead atoms. The van der Waals surface area contributed by atoms with Crippen LogP contribution in [0.25, 0.3) is 0 Å². The Morgan fingerprint density at radius 1 is 1.36 bits per heavy atom. The zero-order chi connectivity index (χ0) is 7.59. The van der Waals surface area contributed by atoms with Crippen molar-refractivity contribution in [3.63, 3.8) is 0 Å². The second kappa shape index (κ2) is 1.73. The maximum Gasteiger partial charge on any atom is -0.0140 e. The molecule has 11 heavy (non-hydrogen) atoms. The van der Waals surface area contributed by atoms with Crippen LogP contribution in [0.15, 0.2) is 11.6 Å². The summed E-state index contributed by atoms with van der Waals surface area (Å²) in [5.74, 6) is 5.12. The van der Waals surface area contributed by atoms with Crippen LogP contribution in [0.2, 0.25) is 0 Å². The Morgan fingerprint density at radius 2 is 2.18 bits per heavy atom. The standard InChI is InChI=1S/C11H16/c1-6-3-8-4-9-5-10(7(6)2)11(8)9/h3,6-7,9-11H,4-5H2,1-2H3. The van der Waals surface area contributed by atoms with Crippen LogP contribution >= 0.6 is 0 Å². The minimum Gasteiger partial charge on any atom is -0.0819 e. The zero-order valence-electron chi connectivity index (χ0n) is 7.38. The molecule has 0 nitrogen and oxygen atoms in total. The predicted molar refractivity (Wildman–Crippen MR) is 46.1 cm³/mol. The van der Waals surface area contributed by atoms with Gasteiger partial charge in [0.15, 0.2) is 0 Å². The highest BCUT2D eigenvalue weighted by Crippen LogP contribution is 2.63. The van der Waals surface area contributed by atoms with Gasteiger partial charge >= 0.3 is 0 Å². The summed E-state index contributed by atoms with van der Waals surface area (Å²) in [5, 5.41) is 0.